The Morgan fingerprint density at radius 3 is 2.35 bits per heavy atom. The smallest absolute Gasteiger partial charge is 0.251 e. The van der Waals surface area contributed by atoms with Gasteiger partial charge in [-0.1, -0.05) is 36.8 Å². The lowest BCUT2D eigenvalue weighted by atomic mass is 10.0. The Morgan fingerprint density at radius 2 is 1.69 bits per heavy atom. The van der Waals surface area contributed by atoms with Gasteiger partial charge in [0.25, 0.3) is 5.91 Å². The molecular formula is C23H30N2O. The van der Waals surface area contributed by atoms with Crippen LogP contribution >= 0.6 is 0 Å². The van der Waals surface area contributed by atoms with Crippen LogP contribution in [0.15, 0.2) is 42.5 Å². The molecule has 26 heavy (non-hydrogen) atoms. The monoisotopic (exact) mass is 350 g/mol. The lowest BCUT2D eigenvalue weighted by Crippen LogP contribution is -2.29. The van der Waals surface area contributed by atoms with Crippen molar-refractivity contribution in [2.45, 2.75) is 52.6 Å². The fraction of sp³-hybridized carbons (Fsp3) is 0.435. The van der Waals surface area contributed by atoms with Crippen molar-refractivity contribution in [2.75, 3.05) is 13.1 Å². The normalized spacial score (nSPS) is 16.3. The third-order valence-electron chi connectivity index (χ3n) is 5.45. The minimum Gasteiger partial charge on any atom is -0.346 e. The van der Waals surface area contributed by atoms with Crippen LogP contribution in [-0.4, -0.2) is 23.9 Å². The van der Waals surface area contributed by atoms with Crippen LogP contribution in [-0.2, 0) is 6.54 Å². The first kappa shape index (κ1) is 18.7. The molecule has 2 aromatic rings. The molecule has 0 spiro atoms. The van der Waals surface area contributed by atoms with Crippen LogP contribution in [0.2, 0.25) is 0 Å². The quantitative estimate of drug-likeness (QED) is 0.841. The highest BCUT2D eigenvalue weighted by atomic mass is 16.1. The molecule has 1 aliphatic heterocycles. The molecule has 0 bridgehead atoms. The van der Waals surface area contributed by atoms with Gasteiger partial charge in [0.05, 0.1) is 6.04 Å². The van der Waals surface area contributed by atoms with Crippen molar-refractivity contribution >= 4 is 5.91 Å². The van der Waals surface area contributed by atoms with E-state index < -0.39 is 0 Å². The number of nitrogens with zero attached hydrogens (tertiary/aromatic N) is 1. The van der Waals surface area contributed by atoms with Crippen molar-refractivity contribution in [1.29, 1.82) is 0 Å². The number of nitrogens with one attached hydrogen (secondary N) is 1. The Hall–Kier alpha value is -2.13. The highest BCUT2D eigenvalue weighted by Gasteiger charge is 2.13. The molecule has 2 aromatic carbocycles. The van der Waals surface area contributed by atoms with E-state index in [1.807, 2.05) is 19.1 Å². The second-order valence-corrected chi connectivity index (χ2v) is 7.57. The summed E-state index contributed by atoms with van der Waals surface area (Å²) >= 11 is 0. The Balaban J connectivity index is 1.59. The molecule has 0 aromatic heterocycles. The Labute approximate surface area is 157 Å². The molecule has 1 amide bonds. The number of hydrogen-bond acceptors (Lipinski definition) is 2. The van der Waals surface area contributed by atoms with Gasteiger partial charge < -0.3 is 5.32 Å². The fourth-order valence-corrected chi connectivity index (χ4v) is 3.53. The lowest BCUT2D eigenvalue weighted by Gasteiger charge is -2.26. The Morgan fingerprint density at radius 1 is 1.00 bits per heavy atom. The van der Waals surface area contributed by atoms with E-state index in [-0.39, 0.29) is 11.9 Å². The van der Waals surface area contributed by atoms with E-state index in [2.05, 4.69) is 54.4 Å². The van der Waals surface area contributed by atoms with E-state index in [4.69, 9.17) is 0 Å². The van der Waals surface area contributed by atoms with Crippen LogP contribution in [0.4, 0.5) is 0 Å². The maximum atomic E-state index is 12.6. The van der Waals surface area contributed by atoms with E-state index in [9.17, 15) is 4.79 Å². The van der Waals surface area contributed by atoms with Gasteiger partial charge in [-0.2, -0.15) is 0 Å². The van der Waals surface area contributed by atoms with Crippen molar-refractivity contribution < 1.29 is 4.79 Å². The number of aryl methyl sites for hydroxylation is 2. The summed E-state index contributed by atoms with van der Waals surface area (Å²) in [5.41, 5.74) is 5.68. The van der Waals surface area contributed by atoms with Crippen molar-refractivity contribution in [3.8, 4) is 0 Å². The number of benzene rings is 2. The molecule has 1 fully saturated rings. The number of carbonyl (C=O) groups is 1. The standard InChI is InChI=1S/C23H30N2O/c1-17-7-10-22(15-18(17)2)19(3)24-23(26)21-11-8-20(9-12-21)16-25-13-5-4-6-14-25/h7-12,15,19H,4-6,13-14,16H2,1-3H3,(H,24,26)/t19-/m1/s1. The van der Waals surface area contributed by atoms with Crippen molar-refractivity contribution in [2.24, 2.45) is 0 Å². The van der Waals surface area contributed by atoms with Crippen molar-refractivity contribution in [3.05, 3.63) is 70.3 Å². The summed E-state index contributed by atoms with van der Waals surface area (Å²) in [7, 11) is 0. The zero-order valence-electron chi connectivity index (χ0n) is 16.2. The average Bonchev–Trinajstić information content (AvgIpc) is 2.65. The molecule has 3 heteroatoms. The molecule has 1 N–H and O–H groups in total. The predicted molar refractivity (Wildman–Crippen MR) is 107 cm³/mol. The molecule has 3 rings (SSSR count). The first-order valence-corrected chi connectivity index (χ1v) is 9.72. The number of hydrogen-bond donors (Lipinski definition) is 1. The first-order chi connectivity index (χ1) is 12.5. The van der Waals surface area contributed by atoms with E-state index in [0.717, 1.165) is 17.7 Å². The molecule has 1 saturated heterocycles. The molecule has 138 valence electrons. The third-order valence-corrected chi connectivity index (χ3v) is 5.45. The largest absolute Gasteiger partial charge is 0.346 e. The van der Waals surface area contributed by atoms with Gasteiger partial charge in [0.2, 0.25) is 0 Å². The van der Waals surface area contributed by atoms with Crippen LogP contribution in [0.5, 0.6) is 0 Å². The van der Waals surface area contributed by atoms with Crippen LogP contribution < -0.4 is 5.32 Å². The Bertz CT molecular complexity index is 745. The maximum absolute atomic E-state index is 12.6. The van der Waals surface area contributed by atoms with E-state index in [1.54, 1.807) is 0 Å². The topological polar surface area (TPSA) is 32.3 Å². The van der Waals surface area contributed by atoms with Gasteiger partial charge in [0, 0.05) is 12.1 Å². The summed E-state index contributed by atoms with van der Waals surface area (Å²) in [5.74, 6) is -0.0137. The first-order valence-electron chi connectivity index (χ1n) is 9.72. The van der Waals surface area contributed by atoms with Crippen LogP contribution in [0.1, 0.15) is 64.8 Å². The summed E-state index contributed by atoms with van der Waals surface area (Å²) in [6.07, 6.45) is 3.96. The van der Waals surface area contributed by atoms with Crippen LogP contribution in [0, 0.1) is 13.8 Å². The minimum absolute atomic E-state index is 0.00479. The molecule has 1 heterocycles. The summed E-state index contributed by atoms with van der Waals surface area (Å²) in [4.78, 5) is 15.1. The minimum atomic E-state index is -0.0137. The molecule has 0 saturated carbocycles. The number of carbonyl (C=O) groups excluding carboxylic acids is 1. The van der Waals surface area contributed by atoms with Gasteiger partial charge in [-0.15, -0.1) is 0 Å². The highest BCUT2D eigenvalue weighted by molar-refractivity contribution is 5.94. The number of likely N-dealkylation sites (tertiary alicyclic amines) is 1. The van der Waals surface area contributed by atoms with Crippen LogP contribution in [0.3, 0.4) is 0 Å². The summed E-state index contributed by atoms with van der Waals surface area (Å²) in [6.45, 7) is 9.61. The van der Waals surface area contributed by atoms with Gasteiger partial charge in [0.1, 0.15) is 0 Å². The number of rotatable bonds is 5. The average molecular weight is 351 g/mol. The third kappa shape index (κ3) is 4.73. The van der Waals surface area contributed by atoms with Gasteiger partial charge in [-0.3, -0.25) is 9.69 Å². The molecule has 3 nitrogen and oxygen atoms in total. The number of amides is 1. The maximum Gasteiger partial charge on any atom is 0.251 e. The number of piperidine rings is 1. The van der Waals surface area contributed by atoms with Gasteiger partial charge >= 0.3 is 0 Å². The van der Waals surface area contributed by atoms with Gasteiger partial charge in [-0.05, 0) is 81.1 Å². The van der Waals surface area contributed by atoms with E-state index in [0.29, 0.717) is 0 Å². The molecule has 1 atom stereocenters. The lowest BCUT2D eigenvalue weighted by molar-refractivity contribution is 0.0940. The van der Waals surface area contributed by atoms with Crippen molar-refractivity contribution in [3.63, 3.8) is 0 Å². The molecule has 0 aliphatic carbocycles. The summed E-state index contributed by atoms with van der Waals surface area (Å²) < 4.78 is 0. The highest BCUT2D eigenvalue weighted by Crippen LogP contribution is 2.18. The zero-order valence-corrected chi connectivity index (χ0v) is 16.2. The SMILES string of the molecule is Cc1ccc([C@@H](C)NC(=O)c2ccc(CN3CCCCC3)cc2)cc1C. The molecule has 1 aliphatic rings. The summed E-state index contributed by atoms with van der Waals surface area (Å²) in [5, 5.41) is 3.11. The molecular weight excluding hydrogens is 320 g/mol. The zero-order chi connectivity index (χ0) is 18.5. The second kappa shape index (κ2) is 8.50. The second-order valence-electron chi connectivity index (χ2n) is 7.57. The molecule has 0 unspecified atom stereocenters. The predicted octanol–water partition coefficient (Wildman–Crippen LogP) is 4.78. The fourth-order valence-electron chi connectivity index (χ4n) is 3.53. The van der Waals surface area contributed by atoms with E-state index >= 15 is 0 Å². The molecule has 0 radical (unpaired) electrons. The van der Waals surface area contributed by atoms with E-state index in [1.165, 1.54) is 49.0 Å². The van der Waals surface area contributed by atoms with Gasteiger partial charge in [-0.25, -0.2) is 0 Å². The van der Waals surface area contributed by atoms with Gasteiger partial charge in [0.15, 0.2) is 0 Å². The van der Waals surface area contributed by atoms with Crippen LogP contribution in [0.25, 0.3) is 0 Å². The summed E-state index contributed by atoms with van der Waals surface area (Å²) in [6, 6.07) is 14.4. The van der Waals surface area contributed by atoms with Crippen molar-refractivity contribution in [1.82, 2.24) is 10.2 Å². The Kier molecular flexibility index (Phi) is 6.10.